The van der Waals surface area contributed by atoms with Crippen LogP contribution in [0.3, 0.4) is 0 Å². The topological polar surface area (TPSA) is 85.9 Å². The van der Waals surface area contributed by atoms with Crippen LogP contribution in [-0.4, -0.2) is 24.8 Å². The normalized spacial score (nSPS) is 12.9. The summed E-state index contributed by atoms with van der Waals surface area (Å²) in [6, 6.07) is 15.9. The van der Waals surface area contributed by atoms with Gasteiger partial charge in [0.25, 0.3) is 0 Å². The van der Waals surface area contributed by atoms with E-state index >= 15 is 0 Å². The molecule has 160 valence electrons. The predicted molar refractivity (Wildman–Crippen MR) is 116 cm³/mol. The molecular formula is C24H24N2O5. The van der Waals surface area contributed by atoms with Gasteiger partial charge in [0.15, 0.2) is 23.9 Å². The van der Waals surface area contributed by atoms with Gasteiger partial charge in [-0.2, -0.15) is 4.73 Å². The lowest BCUT2D eigenvalue weighted by Crippen LogP contribution is -2.26. The molecule has 7 heteroatoms. The Morgan fingerprint density at radius 1 is 1.13 bits per heavy atom. The average molecular weight is 420 g/mol. The first-order valence-electron chi connectivity index (χ1n) is 10.1. The highest BCUT2D eigenvalue weighted by Crippen LogP contribution is 2.37. The van der Waals surface area contributed by atoms with Crippen molar-refractivity contribution in [3.63, 3.8) is 0 Å². The van der Waals surface area contributed by atoms with Crippen LogP contribution in [0.4, 0.5) is 11.4 Å². The highest BCUT2D eigenvalue weighted by atomic mass is 16.5. The molecule has 1 aliphatic rings. The van der Waals surface area contributed by atoms with Gasteiger partial charge in [0, 0.05) is 29.1 Å². The molecule has 0 atom stereocenters. The van der Waals surface area contributed by atoms with Crippen LogP contribution in [0.5, 0.6) is 11.5 Å². The number of aromatic nitrogens is 1. The molecule has 1 aromatic heterocycles. The number of aromatic carboxylic acids is 1. The van der Waals surface area contributed by atoms with Gasteiger partial charge in [-0.15, -0.1) is 0 Å². The molecule has 0 amide bonds. The summed E-state index contributed by atoms with van der Waals surface area (Å²) in [6.07, 6.45) is 5.29. The third-order valence-corrected chi connectivity index (χ3v) is 5.21. The van der Waals surface area contributed by atoms with Gasteiger partial charge in [-0.05, 0) is 55.2 Å². The zero-order valence-electron chi connectivity index (χ0n) is 17.2. The van der Waals surface area contributed by atoms with Crippen LogP contribution in [0.15, 0.2) is 67.0 Å². The molecule has 1 fully saturated rings. The monoisotopic (exact) mass is 420 g/mol. The molecule has 0 spiro atoms. The van der Waals surface area contributed by atoms with Crippen molar-refractivity contribution in [2.24, 2.45) is 5.92 Å². The molecule has 31 heavy (non-hydrogen) atoms. The summed E-state index contributed by atoms with van der Waals surface area (Å²) in [5, 5.41) is 21.2. The Morgan fingerprint density at radius 2 is 1.94 bits per heavy atom. The van der Waals surface area contributed by atoms with Crippen LogP contribution in [0, 0.1) is 11.1 Å². The van der Waals surface area contributed by atoms with E-state index in [2.05, 4.69) is 0 Å². The van der Waals surface area contributed by atoms with E-state index in [0.29, 0.717) is 36.3 Å². The molecule has 0 bridgehead atoms. The Kier molecular flexibility index (Phi) is 5.93. The lowest BCUT2D eigenvalue weighted by atomic mass is 10.1. The Morgan fingerprint density at radius 3 is 2.65 bits per heavy atom. The number of hydrogen-bond donors (Lipinski definition) is 1. The quantitative estimate of drug-likeness (QED) is 0.413. The second-order valence-corrected chi connectivity index (χ2v) is 7.60. The maximum absolute atomic E-state index is 11.8. The number of nitrogens with zero attached hydrogens (tertiary/aromatic N) is 2. The first-order valence-corrected chi connectivity index (χ1v) is 10.1. The molecule has 0 radical (unpaired) electrons. The molecule has 1 saturated carbocycles. The molecule has 0 unspecified atom stereocenters. The van der Waals surface area contributed by atoms with Gasteiger partial charge in [-0.1, -0.05) is 6.07 Å². The van der Waals surface area contributed by atoms with Crippen molar-refractivity contribution in [3.8, 4) is 11.5 Å². The number of methoxy groups -OCH3 is 1. The number of hydrogen-bond acceptors (Lipinski definition) is 5. The fourth-order valence-corrected chi connectivity index (χ4v) is 3.35. The van der Waals surface area contributed by atoms with E-state index in [1.165, 1.54) is 25.2 Å². The summed E-state index contributed by atoms with van der Waals surface area (Å²) < 4.78 is 12.2. The lowest BCUT2D eigenvalue weighted by molar-refractivity contribution is -0.605. The smallest absolute Gasteiger partial charge is 0.335 e. The standard InChI is InChI=1S/C24H24N2O5/c1-30-22-10-9-21(13-23(22)31-16-17-7-8-17)26(15-18-4-3-11-25(29)14-18)20-6-2-5-19(12-20)24(27)28/h2-6,9-14,17H,7-8,15-16H2,1H3,(H,27,28). The largest absolute Gasteiger partial charge is 0.619 e. The number of pyridine rings is 1. The number of carboxylic acid groups (broad SMARTS) is 1. The first kappa shape index (κ1) is 20.5. The van der Waals surface area contributed by atoms with Gasteiger partial charge in [-0.3, -0.25) is 0 Å². The Labute approximate surface area is 180 Å². The van der Waals surface area contributed by atoms with Gasteiger partial charge < -0.3 is 24.7 Å². The summed E-state index contributed by atoms with van der Waals surface area (Å²) in [4.78, 5) is 13.5. The Balaban J connectivity index is 1.73. The highest BCUT2D eigenvalue weighted by molar-refractivity contribution is 5.89. The number of ether oxygens (including phenoxy) is 2. The van der Waals surface area contributed by atoms with Crippen molar-refractivity contribution in [1.82, 2.24) is 0 Å². The van der Waals surface area contributed by atoms with Gasteiger partial charge in [-0.25, -0.2) is 4.79 Å². The third kappa shape index (κ3) is 5.06. The van der Waals surface area contributed by atoms with E-state index < -0.39 is 5.97 Å². The van der Waals surface area contributed by atoms with Gasteiger partial charge in [0.1, 0.15) is 0 Å². The number of carboxylic acids is 1. The number of benzene rings is 2. The van der Waals surface area contributed by atoms with E-state index in [1.54, 1.807) is 31.4 Å². The number of carbonyl (C=O) groups is 1. The lowest BCUT2D eigenvalue weighted by Gasteiger charge is -2.26. The fourth-order valence-electron chi connectivity index (χ4n) is 3.35. The average Bonchev–Trinajstić information content (AvgIpc) is 3.60. The molecule has 1 aliphatic carbocycles. The summed E-state index contributed by atoms with van der Waals surface area (Å²) in [7, 11) is 1.60. The van der Waals surface area contributed by atoms with Crippen LogP contribution >= 0.6 is 0 Å². The van der Waals surface area contributed by atoms with Crippen LogP contribution in [0.2, 0.25) is 0 Å². The zero-order chi connectivity index (χ0) is 21.8. The van der Waals surface area contributed by atoms with E-state index in [0.717, 1.165) is 16.0 Å². The third-order valence-electron chi connectivity index (χ3n) is 5.21. The molecule has 4 rings (SSSR count). The molecule has 7 nitrogen and oxygen atoms in total. The minimum atomic E-state index is -0.998. The SMILES string of the molecule is COc1ccc(N(Cc2ccc[n+]([O-])c2)c2cccc(C(=O)O)c2)cc1OCC1CC1. The summed E-state index contributed by atoms with van der Waals surface area (Å²) in [5.74, 6) is 0.870. The minimum Gasteiger partial charge on any atom is -0.619 e. The maximum atomic E-state index is 11.8. The minimum absolute atomic E-state index is 0.188. The second kappa shape index (κ2) is 8.95. The second-order valence-electron chi connectivity index (χ2n) is 7.60. The highest BCUT2D eigenvalue weighted by Gasteiger charge is 2.23. The van der Waals surface area contributed by atoms with Crippen LogP contribution in [-0.2, 0) is 6.54 Å². The molecule has 3 aromatic rings. The van der Waals surface area contributed by atoms with Crippen LogP contribution in [0.1, 0.15) is 28.8 Å². The molecule has 2 aromatic carbocycles. The van der Waals surface area contributed by atoms with Crippen molar-refractivity contribution in [2.45, 2.75) is 19.4 Å². The van der Waals surface area contributed by atoms with Crippen LogP contribution < -0.4 is 19.1 Å². The fraction of sp³-hybridized carbons (Fsp3) is 0.250. The van der Waals surface area contributed by atoms with E-state index in [-0.39, 0.29) is 5.56 Å². The summed E-state index contributed by atoms with van der Waals surface area (Å²) in [5.41, 5.74) is 2.47. The molecule has 1 heterocycles. The molecule has 0 saturated heterocycles. The van der Waals surface area contributed by atoms with Crippen molar-refractivity contribution >= 4 is 17.3 Å². The van der Waals surface area contributed by atoms with Crippen molar-refractivity contribution < 1.29 is 24.1 Å². The van der Waals surface area contributed by atoms with Crippen molar-refractivity contribution in [1.29, 1.82) is 0 Å². The summed E-state index contributed by atoms with van der Waals surface area (Å²) in [6.45, 7) is 1.02. The van der Waals surface area contributed by atoms with Crippen molar-refractivity contribution in [3.05, 3.63) is 83.3 Å². The Bertz CT molecular complexity index is 1080. The summed E-state index contributed by atoms with van der Waals surface area (Å²) >= 11 is 0. The van der Waals surface area contributed by atoms with E-state index in [4.69, 9.17) is 9.47 Å². The van der Waals surface area contributed by atoms with Gasteiger partial charge in [0.2, 0.25) is 0 Å². The van der Waals surface area contributed by atoms with E-state index in [9.17, 15) is 15.1 Å². The van der Waals surface area contributed by atoms with Gasteiger partial charge in [0.05, 0.1) is 25.8 Å². The first-order chi connectivity index (χ1) is 15.0. The maximum Gasteiger partial charge on any atom is 0.335 e. The van der Waals surface area contributed by atoms with Gasteiger partial charge >= 0.3 is 5.97 Å². The molecule has 1 N–H and O–H groups in total. The Hall–Kier alpha value is -3.74. The number of anilines is 2. The number of rotatable bonds is 9. The zero-order valence-corrected chi connectivity index (χ0v) is 17.2. The van der Waals surface area contributed by atoms with E-state index in [1.807, 2.05) is 35.2 Å². The van der Waals surface area contributed by atoms with Crippen molar-refractivity contribution in [2.75, 3.05) is 18.6 Å². The molecular weight excluding hydrogens is 396 g/mol. The van der Waals surface area contributed by atoms with Crippen LogP contribution in [0.25, 0.3) is 0 Å². The molecule has 0 aliphatic heterocycles. The predicted octanol–water partition coefficient (Wildman–Crippen LogP) is 4.15.